The highest BCUT2D eigenvalue weighted by atomic mass is 32.2. The lowest BCUT2D eigenvalue weighted by Crippen LogP contribution is -2.54. The fourth-order valence-corrected chi connectivity index (χ4v) is 5.54. The molecule has 230 valence electrons. The fourth-order valence-electron chi connectivity index (χ4n) is 4.69. The highest BCUT2D eigenvalue weighted by molar-refractivity contribution is 7.92. The second kappa shape index (κ2) is 15.2. The van der Waals surface area contributed by atoms with E-state index in [0.29, 0.717) is 17.2 Å². The van der Waals surface area contributed by atoms with Gasteiger partial charge in [0.25, 0.3) is 0 Å². The van der Waals surface area contributed by atoms with Gasteiger partial charge in [0.1, 0.15) is 24.1 Å². The highest BCUT2D eigenvalue weighted by Crippen LogP contribution is 2.26. The van der Waals surface area contributed by atoms with Crippen LogP contribution in [-0.2, 0) is 32.6 Å². The summed E-state index contributed by atoms with van der Waals surface area (Å²) in [5, 5.41) is 3.03. The zero-order chi connectivity index (χ0) is 31.5. The van der Waals surface area contributed by atoms with E-state index in [1.54, 1.807) is 24.3 Å². The van der Waals surface area contributed by atoms with Gasteiger partial charge in [0.05, 0.1) is 11.9 Å². The van der Waals surface area contributed by atoms with Crippen LogP contribution in [0.4, 0.5) is 5.69 Å². The summed E-state index contributed by atoms with van der Waals surface area (Å²) < 4.78 is 33.0. The number of amides is 2. The van der Waals surface area contributed by atoms with Gasteiger partial charge in [-0.15, -0.1) is 0 Å². The molecule has 4 aromatic rings. The van der Waals surface area contributed by atoms with Gasteiger partial charge in [-0.2, -0.15) is 0 Å². The Kier molecular flexibility index (Phi) is 11.2. The molecule has 4 rings (SSSR count). The Morgan fingerprint density at radius 1 is 0.773 bits per heavy atom. The second-order valence-electron chi connectivity index (χ2n) is 10.7. The summed E-state index contributed by atoms with van der Waals surface area (Å²) in [6.45, 7) is 3.54. The molecular weight excluding hydrogens is 574 g/mol. The Balaban J connectivity index is 1.66. The van der Waals surface area contributed by atoms with Gasteiger partial charge < -0.3 is 15.0 Å². The largest absolute Gasteiger partial charge is 0.457 e. The van der Waals surface area contributed by atoms with Gasteiger partial charge >= 0.3 is 0 Å². The van der Waals surface area contributed by atoms with Crippen LogP contribution in [0.15, 0.2) is 115 Å². The van der Waals surface area contributed by atoms with E-state index in [1.165, 1.54) is 4.90 Å². The Morgan fingerprint density at radius 3 is 1.84 bits per heavy atom. The maximum absolute atomic E-state index is 14.2. The molecule has 0 saturated heterocycles. The van der Waals surface area contributed by atoms with Crippen molar-refractivity contribution >= 4 is 27.5 Å². The number of nitrogens with zero attached hydrogens (tertiary/aromatic N) is 2. The van der Waals surface area contributed by atoms with Crippen molar-refractivity contribution in [2.45, 2.75) is 45.3 Å². The van der Waals surface area contributed by atoms with Crippen LogP contribution in [0.3, 0.4) is 0 Å². The first-order valence-corrected chi connectivity index (χ1v) is 16.5. The standard InChI is InChI=1S/C35H39N3O5S/c1-4-27(2)36-35(40)33(24-28-14-8-5-9-15-28)37(25-29-16-10-6-11-17-29)34(39)26-38(44(3,41)42)30-20-22-32(23-21-30)43-31-18-12-7-13-19-31/h5-23,27,33H,4,24-26H2,1-3H3,(H,36,40)/t27-,33+/m1/s1. The first-order valence-electron chi connectivity index (χ1n) is 14.6. The molecule has 0 radical (unpaired) electrons. The van der Waals surface area contributed by atoms with Gasteiger partial charge in [0.2, 0.25) is 21.8 Å². The summed E-state index contributed by atoms with van der Waals surface area (Å²) in [6.07, 6.45) is 2.06. The molecule has 9 heteroatoms. The smallest absolute Gasteiger partial charge is 0.244 e. The van der Waals surface area contributed by atoms with Gasteiger partial charge in [0.15, 0.2) is 0 Å². The molecule has 0 saturated carbocycles. The number of ether oxygens (including phenoxy) is 1. The number of hydrogen-bond donors (Lipinski definition) is 1. The molecule has 0 unspecified atom stereocenters. The van der Waals surface area contributed by atoms with Crippen molar-refractivity contribution in [2.75, 3.05) is 17.1 Å². The van der Waals surface area contributed by atoms with E-state index in [1.807, 2.05) is 105 Å². The highest BCUT2D eigenvalue weighted by Gasteiger charge is 2.33. The number of hydrogen-bond acceptors (Lipinski definition) is 5. The topological polar surface area (TPSA) is 96.0 Å². The third kappa shape index (κ3) is 9.18. The Bertz CT molecular complexity index is 1600. The van der Waals surface area contributed by atoms with E-state index in [9.17, 15) is 18.0 Å². The predicted octanol–water partition coefficient (Wildman–Crippen LogP) is 5.80. The molecule has 0 aromatic heterocycles. The van der Waals surface area contributed by atoms with Crippen LogP contribution >= 0.6 is 0 Å². The molecular formula is C35H39N3O5S. The van der Waals surface area contributed by atoms with Gasteiger partial charge in [-0.1, -0.05) is 85.8 Å². The Morgan fingerprint density at radius 2 is 1.30 bits per heavy atom. The molecule has 0 aliphatic carbocycles. The van der Waals surface area contributed by atoms with Gasteiger partial charge in [0, 0.05) is 19.0 Å². The Labute approximate surface area is 260 Å². The molecule has 2 amide bonds. The summed E-state index contributed by atoms with van der Waals surface area (Å²) in [5.41, 5.74) is 2.02. The minimum absolute atomic E-state index is 0.0985. The Hall–Kier alpha value is -4.63. The molecule has 2 atom stereocenters. The van der Waals surface area contributed by atoms with E-state index in [2.05, 4.69) is 5.32 Å². The summed E-state index contributed by atoms with van der Waals surface area (Å²) in [4.78, 5) is 29.4. The number of anilines is 1. The van der Waals surface area contributed by atoms with Crippen LogP contribution in [-0.4, -0.2) is 50.0 Å². The fraction of sp³-hybridized carbons (Fsp3) is 0.257. The lowest BCUT2D eigenvalue weighted by atomic mass is 10.0. The molecule has 0 spiro atoms. The number of benzene rings is 4. The van der Waals surface area contributed by atoms with Crippen LogP contribution < -0.4 is 14.4 Å². The lowest BCUT2D eigenvalue weighted by Gasteiger charge is -2.34. The first-order chi connectivity index (χ1) is 21.1. The molecule has 0 aliphatic rings. The summed E-state index contributed by atoms with van der Waals surface area (Å²) in [6, 6.07) is 33.7. The van der Waals surface area contributed by atoms with Crippen molar-refractivity contribution < 1.29 is 22.7 Å². The number of carbonyl (C=O) groups excluding carboxylic acids is 2. The minimum atomic E-state index is -3.87. The molecule has 0 aliphatic heterocycles. The van der Waals surface area contributed by atoms with Gasteiger partial charge in [-0.3, -0.25) is 13.9 Å². The van der Waals surface area contributed by atoms with Gasteiger partial charge in [-0.25, -0.2) is 8.42 Å². The SMILES string of the molecule is CC[C@@H](C)NC(=O)[C@H](Cc1ccccc1)N(Cc1ccccc1)C(=O)CN(c1ccc(Oc2ccccc2)cc1)S(C)(=O)=O. The molecule has 0 bridgehead atoms. The van der Waals surface area contributed by atoms with Crippen molar-refractivity contribution in [1.82, 2.24) is 10.2 Å². The molecule has 1 N–H and O–H groups in total. The zero-order valence-corrected chi connectivity index (χ0v) is 26.1. The maximum Gasteiger partial charge on any atom is 0.244 e. The first kappa shape index (κ1) is 32.3. The van der Waals surface area contributed by atoms with Crippen LogP contribution in [0.2, 0.25) is 0 Å². The number of nitrogens with one attached hydrogen (secondary N) is 1. The summed E-state index contributed by atoms with van der Waals surface area (Å²) in [5.74, 6) is 0.382. The predicted molar refractivity (Wildman–Crippen MR) is 174 cm³/mol. The second-order valence-corrected chi connectivity index (χ2v) is 12.6. The van der Waals surface area contributed by atoms with Crippen LogP contribution in [0, 0.1) is 0 Å². The van der Waals surface area contributed by atoms with E-state index >= 15 is 0 Å². The van der Waals surface area contributed by atoms with E-state index in [4.69, 9.17) is 4.74 Å². The van der Waals surface area contributed by atoms with E-state index in [0.717, 1.165) is 28.1 Å². The minimum Gasteiger partial charge on any atom is -0.457 e. The maximum atomic E-state index is 14.2. The van der Waals surface area contributed by atoms with E-state index < -0.39 is 28.5 Å². The van der Waals surface area contributed by atoms with Crippen molar-refractivity contribution in [3.8, 4) is 11.5 Å². The monoisotopic (exact) mass is 613 g/mol. The normalized spacial score (nSPS) is 12.5. The summed E-state index contributed by atoms with van der Waals surface area (Å²) in [7, 11) is -3.87. The lowest BCUT2D eigenvalue weighted by molar-refractivity contribution is -0.140. The van der Waals surface area contributed by atoms with Crippen molar-refractivity contribution in [1.29, 1.82) is 0 Å². The van der Waals surface area contributed by atoms with Crippen molar-refractivity contribution in [3.05, 3.63) is 126 Å². The molecule has 8 nitrogen and oxygen atoms in total. The molecule has 0 heterocycles. The van der Waals surface area contributed by atoms with Crippen LogP contribution in [0.1, 0.15) is 31.4 Å². The van der Waals surface area contributed by atoms with Crippen molar-refractivity contribution in [2.24, 2.45) is 0 Å². The van der Waals surface area contributed by atoms with Crippen LogP contribution in [0.25, 0.3) is 0 Å². The average molecular weight is 614 g/mol. The average Bonchev–Trinajstić information content (AvgIpc) is 3.02. The zero-order valence-electron chi connectivity index (χ0n) is 25.3. The number of rotatable bonds is 14. The van der Waals surface area contributed by atoms with Crippen LogP contribution in [0.5, 0.6) is 11.5 Å². The summed E-state index contributed by atoms with van der Waals surface area (Å²) >= 11 is 0. The third-order valence-electron chi connectivity index (χ3n) is 7.25. The number of carbonyl (C=O) groups is 2. The third-order valence-corrected chi connectivity index (χ3v) is 8.39. The number of para-hydroxylation sites is 1. The quantitative estimate of drug-likeness (QED) is 0.194. The molecule has 4 aromatic carbocycles. The number of sulfonamides is 1. The van der Waals surface area contributed by atoms with Gasteiger partial charge in [-0.05, 0) is 60.9 Å². The van der Waals surface area contributed by atoms with Crippen molar-refractivity contribution in [3.63, 3.8) is 0 Å². The molecule has 44 heavy (non-hydrogen) atoms. The van der Waals surface area contributed by atoms with E-state index in [-0.39, 0.29) is 24.9 Å². The molecule has 0 fully saturated rings.